The van der Waals surface area contributed by atoms with Crippen molar-refractivity contribution in [1.82, 2.24) is 14.1 Å². The van der Waals surface area contributed by atoms with Crippen molar-refractivity contribution in [2.24, 2.45) is 14.1 Å². The Hall–Kier alpha value is -2.07. The predicted octanol–water partition coefficient (Wildman–Crippen LogP) is 2.42. The number of imidazole rings is 1. The lowest BCUT2D eigenvalue weighted by molar-refractivity contribution is 0.295. The second kappa shape index (κ2) is 4.80. The molecular weight excluding hydrogens is 250 g/mol. The summed E-state index contributed by atoms with van der Waals surface area (Å²) in [7, 11) is 4.08. The highest BCUT2D eigenvalue weighted by Gasteiger charge is 2.17. The Morgan fingerprint density at radius 2 is 1.95 bits per heavy atom. The van der Waals surface area contributed by atoms with Gasteiger partial charge < -0.3 is 14.2 Å². The van der Waals surface area contributed by atoms with Gasteiger partial charge >= 0.3 is 0 Å². The molecule has 1 aromatic carbocycles. The molecule has 0 aliphatic heterocycles. The molecule has 0 fully saturated rings. The minimum atomic E-state index is 0.124. The average Bonchev–Trinajstić information content (AvgIpc) is 2.90. The molecule has 3 aromatic rings. The van der Waals surface area contributed by atoms with Crippen molar-refractivity contribution in [1.29, 1.82) is 0 Å². The molecule has 0 aliphatic carbocycles. The lowest BCUT2D eigenvalue weighted by Gasteiger charge is -2.05. The number of fused-ring (bicyclic) bond motifs is 1. The summed E-state index contributed by atoms with van der Waals surface area (Å²) >= 11 is 0. The Labute approximate surface area is 118 Å². The van der Waals surface area contributed by atoms with Crippen LogP contribution in [-0.4, -0.2) is 25.8 Å². The number of benzene rings is 1. The summed E-state index contributed by atoms with van der Waals surface area (Å²) in [5.74, 6) is 0.924. The van der Waals surface area contributed by atoms with Gasteiger partial charge in [-0.05, 0) is 13.0 Å². The molecule has 4 heteroatoms. The number of aryl methyl sites for hydroxylation is 2. The molecule has 2 heterocycles. The molecule has 20 heavy (non-hydrogen) atoms. The van der Waals surface area contributed by atoms with E-state index in [0.717, 1.165) is 17.2 Å². The number of aromatic nitrogens is 3. The zero-order chi connectivity index (χ0) is 14.3. The van der Waals surface area contributed by atoms with E-state index in [1.807, 2.05) is 14.0 Å². The summed E-state index contributed by atoms with van der Waals surface area (Å²) in [5, 5.41) is 10.4. The zero-order valence-electron chi connectivity index (χ0n) is 12.1. The first kappa shape index (κ1) is 12.9. The first-order valence-corrected chi connectivity index (χ1v) is 6.81. The van der Waals surface area contributed by atoms with Gasteiger partial charge in [0.1, 0.15) is 5.82 Å². The van der Waals surface area contributed by atoms with Gasteiger partial charge in [-0.1, -0.05) is 18.2 Å². The van der Waals surface area contributed by atoms with Gasteiger partial charge in [0, 0.05) is 43.2 Å². The van der Waals surface area contributed by atoms with Crippen LogP contribution in [0.5, 0.6) is 0 Å². The molecule has 2 aromatic heterocycles. The second-order valence-corrected chi connectivity index (χ2v) is 5.17. The summed E-state index contributed by atoms with van der Waals surface area (Å²) in [6, 6.07) is 8.38. The average molecular weight is 269 g/mol. The number of aliphatic hydroxyl groups is 1. The number of rotatable bonds is 3. The molecule has 3 rings (SSSR count). The normalized spacial score (nSPS) is 11.4. The Morgan fingerprint density at radius 1 is 1.20 bits per heavy atom. The molecular formula is C16H19N3O. The number of para-hydroxylation sites is 1. The molecule has 1 N–H and O–H groups in total. The van der Waals surface area contributed by atoms with Crippen molar-refractivity contribution in [2.75, 3.05) is 6.61 Å². The van der Waals surface area contributed by atoms with Crippen molar-refractivity contribution in [3.05, 3.63) is 42.0 Å². The van der Waals surface area contributed by atoms with Crippen LogP contribution < -0.4 is 0 Å². The molecule has 4 nitrogen and oxygen atoms in total. The van der Waals surface area contributed by atoms with Crippen molar-refractivity contribution >= 4 is 10.9 Å². The standard InChI is InChI=1S/C16H19N3O/c1-11-16(19(3)15(17-11)8-9-20)13-10-18(2)14-7-5-4-6-12(13)14/h4-7,10,20H,8-9H2,1-3H3. The molecule has 0 aliphatic rings. The Bertz CT molecular complexity index is 767. The smallest absolute Gasteiger partial charge is 0.111 e. The topological polar surface area (TPSA) is 43.0 Å². The van der Waals surface area contributed by atoms with Crippen LogP contribution in [0.2, 0.25) is 0 Å². The maximum atomic E-state index is 9.13. The van der Waals surface area contributed by atoms with Gasteiger partial charge in [0.2, 0.25) is 0 Å². The minimum absolute atomic E-state index is 0.124. The first-order chi connectivity index (χ1) is 9.63. The fraction of sp³-hybridized carbons (Fsp3) is 0.312. The summed E-state index contributed by atoms with van der Waals surface area (Å²) in [5.41, 5.74) is 4.55. The van der Waals surface area contributed by atoms with Gasteiger partial charge in [0.05, 0.1) is 18.0 Å². The van der Waals surface area contributed by atoms with Gasteiger partial charge in [-0.2, -0.15) is 0 Å². The molecule has 0 amide bonds. The predicted molar refractivity (Wildman–Crippen MR) is 80.6 cm³/mol. The Kier molecular flexibility index (Phi) is 3.10. The third-order valence-corrected chi connectivity index (χ3v) is 3.85. The van der Waals surface area contributed by atoms with Gasteiger partial charge in [0.15, 0.2) is 0 Å². The van der Waals surface area contributed by atoms with E-state index in [0.29, 0.717) is 6.42 Å². The van der Waals surface area contributed by atoms with Crippen LogP contribution in [-0.2, 0) is 20.5 Å². The van der Waals surface area contributed by atoms with Gasteiger partial charge in [0.25, 0.3) is 0 Å². The maximum Gasteiger partial charge on any atom is 0.111 e. The molecule has 0 atom stereocenters. The third-order valence-electron chi connectivity index (χ3n) is 3.85. The fourth-order valence-corrected chi connectivity index (χ4v) is 2.92. The number of hydrogen-bond donors (Lipinski definition) is 1. The summed E-state index contributed by atoms with van der Waals surface area (Å²) in [4.78, 5) is 4.59. The quantitative estimate of drug-likeness (QED) is 0.793. The van der Waals surface area contributed by atoms with Crippen molar-refractivity contribution in [2.45, 2.75) is 13.3 Å². The van der Waals surface area contributed by atoms with Crippen molar-refractivity contribution < 1.29 is 5.11 Å². The molecule has 0 bridgehead atoms. The van der Waals surface area contributed by atoms with Crippen LogP contribution in [0.4, 0.5) is 0 Å². The van der Waals surface area contributed by atoms with E-state index < -0.39 is 0 Å². The number of nitrogens with zero attached hydrogens (tertiary/aromatic N) is 3. The summed E-state index contributed by atoms with van der Waals surface area (Å²) < 4.78 is 4.23. The fourth-order valence-electron chi connectivity index (χ4n) is 2.92. The van der Waals surface area contributed by atoms with Crippen LogP contribution in [0.15, 0.2) is 30.5 Å². The SMILES string of the molecule is Cc1nc(CCO)n(C)c1-c1cn(C)c2ccccc12. The number of aliphatic hydroxyl groups excluding tert-OH is 1. The highest BCUT2D eigenvalue weighted by molar-refractivity contribution is 5.95. The van der Waals surface area contributed by atoms with Gasteiger partial charge in [-0.25, -0.2) is 4.98 Å². The summed E-state index contributed by atoms with van der Waals surface area (Å²) in [6.07, 6.45) is 2.74. The molecule has 104 valence electrons. The van der Waals surface area contributed by atoms with Crippen molar-refractivity contribution in [3.63, 3.8) is 0 Å². The molecule has 0 saturated carbocycles. The van der Waals surface area contributed by atoms with Crippen LogP contribution >= 0.6 is 0 Å². The largest absolute Gasteiger partial charge is 0.396 e. The van der Waals surface area contributed by atoms with E-state index in [9.17, 15) is 0 Å². The van der Waals surface area contributed by atoms with E-state index in [1.165, 1.54) is 16.5 Å². The zero-order valence-corrected chi connectivity index (χ0v) is 12.1. The highest BCUT2D eigenvalue weighted by atomic mass is 16.3. The minimum Gasteiger partial charge on any atom is -0.396 e. The molecule has 0 unspecified atom stereocenters. The number of hydrogen-bond acceptors (Lipinski definition) is 2. The van der Waals surface area contributed by atoms with Gasteiger partial charge in [-0.3, -0.25) is 0 Å². The molecule has 0 spiro atoms. The first-order valence-electron chi connectivity index (χ1n) is 6.81. The van der Waals surface area contributed by atoms with Crippen LogP contribution in [0.25, 0.3) is 22.2 Å². The van der Waals surface area contributed by atoms with E-state index in [2.05, 4.69) is 51.6 Å². The Balaban J connectivity index is 2.26. The Morgan fingerprint density at radius 3 is 2.70 bits per heavy atom. The summed E-state index contributed by atoms with van der Waals surface area (Å²) in [6.45, 7) is 2.15. The van der Waals surface area contributed by atoms with Gasteiger partial charge in [-0.15, -0.1) is 0 Å². The third kappa shape index (κ3) is 1.84. The van der Waals surface area contributed by atoms with Crippen LogP contribution in [0.3, 0.4) is 0 Å². The van der Waals surface area contributed by atoms with E-state index in [1.54, 1.807) is 0 Å². The molecule has 0 saturated heterocycles. The van der Waals surface area contributed by atoms with E-state index in [4.69, 9.17) is 5.11 Å². The maximum absolute atomic E-state index is 9.13. The van der Waals surface area contributed by atoms with Crippen molar-refractivity contribution in [3.8, 4) is 11.3 Å². The van der Waals surface area contributed by atoms with Crippen LogP contribution in [0, 0.1) is 6.92 Å². The molecule has 0 radical (unpaired) electrons. The lowest BCUT2D eigenvalue weighted by Crippen LogP contribution is -2.02. The monoisotopic (exact) mass is 269 g/mol. The lowest BCUT2D eigenvalue weighted by atomic mass is 10.1. The van der Waals surface area contributed by atoms with E-state index in [-0.39, 0.29) is 6.61 Å². The second-order valence-electron chi connectivity index (χ2n) is 5.17. The van der Waals surface area contributed by atoms with Crippen LogP contribution in [0.1, 0.15) is 11.5 Å². The van der Waals surface area contributed by atoms with E-state index >= 15 is 0 Å². The highest BCUT2D eigenvalue weighted by Crippen LogP contribution is 2.32.